The van der Waals surface area contributed by atoms with Gasteiger partial charge in [0.1, 0.15) is 5.75 Å². The van der Waals surface area contributed by atoms with Crippen LogP contribution in [0.2, 0.25) is 0 Å². The number of nitrogens with one attached hydrogen (secondary N) is 1. The van der Waals surface area contributed by atoms with Crippen molar-refractivity contribution in [2.24, 2.45) is 7.05 Å². The Hall–Kier alpha value is -3.51. The Morgan fingerprint density at radius 1 is 1.26 bits per heavy atom. The SMILES string of the molecule is Cc1ccc(Oc2nc3c([nH]2)CC(Cl)C(c2ccc4c(ccn4C)c2)=C3)cc1C(=O)O. The van der Waals surface area contributed by atoms with Crippen LogP contribution in [-0.2, 0) is 13.5 Å². The summed E-state index contributed by atoms with van der Waals surface area (Å²) in [6, 6.07) is 13.7. The number of aromatic nitrogens is 3. The number of ether oxygens (including phenoxy) is 1. The van der Waals surface area contributed by atoms with Crippen LogP contribution in [0.25, 0.3) is 22.6 Å². The van der Waals surface area contributed by atoms with E-state index in [2.05, 4.69) is 38.8 Å². The maximum atomic E-state index is 11.4. The Morgan fingerprint density at radius 3 is 2.90 bits per heavy atom. The van der Waals surface area contributed by atoms with Crippen LogP contribution in [0.4, 0.5) is 0 Å². The minimum atomic E-state index is -0.991. The summed E-state index contributed by atoms with van der Waals surface area (Å²) >= 11 is 6.72. The number of H-pyrrole nitrogens is 1. The fourth-order valence-corrected chi connectivity index (χ4v) is 4.32. The van der Waals surface area contributed by atoms with Gasteiger partial charge >= 0.3 is 5.97 Å². The van der Waals surface area contributed by atoms with Crippen LogP contribution in [0.3, 0.4) is 0 Å². The van der Waals surface area contributed by atoms with E-state index in [1.807, 2.05) is 19.3 Å². The number of rotatable bonds is 4. The first-order valence-electron chi connectivity index (χ1n) is 9.91. The smallest absolute Gasteiger partial charge is 0.336 e. The number of carboxylic acid groups (broad SMARTS) is 1. The molecule has 1 aliphatic rings. The summed E-state index contributed by atoms with van der Waals surface area (Å²) in [5.74, 6) is -0.579. The van der Waals surface area contributed by atoms with Gasteiger partial charge in [0, 0.05) is 36.3 Å². The molecule has 2 heterocycles. The van der Waals surface area contributed by atoms with Crippen LogP contribution >= 0.6 is 11.6 Å². The van der Waals surface area contributed by atoms with Gasteiger partial charge in [-0.15, -0.1) is 11.6 Å². The highest BCUT2D eigenvalue weighted by molar-refractivity contribution is 6.28. The number of halogens is 1. The van der Waals surface area contributed by atoms with Crippen LogP contribution in [0.1, 0.15) is 32.9 Å². The third-order valence-corrected chi connectivity index (χ3v) is 6.06. The lowest BCUT2D eigenvalue weighted by Crippen LogP contribution is -2.12. The first-order chi connectivity index (χ1) is 14.9. The van der Waals surface area contributed by atoms with E-state index >= 15 is 0 Å². The number of carbonyl (C=O) groups is 1. The molecule has 2 aromatic heterocycles. The molecule has 156 valence electrons. The van der Waals surface area contributed by atoms with Gasteiger partial charge in [0.25, 0.3) is 6.01 Å². The molecular weight excluding hydrogens is 414 g/mol. The van der Waals surface area contributed by atoms with Crippen molar-refractivity contribution >= 4 is 40.1 Å². The van der Waals surface area contributed by atoms with E-state index in [0.29, 0.717) is 23.7 Å². The molecule has 31 heavy (non-hydrogen) atoms. The molecule has 0 amide bonds. The van der Waals surface area contributed by atoms with Crippen molar-refractivity contribution in [3.63, 3.8) is 0 Å². The third-order valence-electron chi connectivity index (χ3n) is 5.67. The number of imidazole rings is 1. The van der Waals surface area contributed by atoms with Gasteiger partial charge < -0.3 is 19.4 Å². The third kappa shape index (κ3) is 3.49. The number of benzene rings is 2. The number of hydrogen-bond acceptors (Lipinski definition) is 3. The first kappa shape index (κ1) is 19.5. The molecule has 1 unspecified atom stereocenters. The Bertz CT molecular complexity index is 1370. The molecular formula is C24H20ClN3O3. The van der Waals surface area contributed by atoms with Gasteiger partial charge in [0.2, 0.25) is 0 Å². The number of alkyl halides is 1. The van der Waals surface area contributed by atoms with Gasteiger partial charge in [0.15, 0.2) is 0 Å². The second-order valence-corrected chi connectivity index (χ2v) is 8.29. The van der Waals surface area contributed by atoms with Crippen LogP contribution in [-0.4, -0.2) is 31.0 Å². The molecule has 0 saturated carbocycles. The van der Waals surface area contributed by atoms with Crippen molar-refractivity contribution in [2.45, 2.75) is 18.7 Å². The summed E-state index contributed by atoms with van der Waals surface area (Å²) < 4.78 is 7.89. The first-order valence-corrected chi connectivity index (χ1v) is 10.3. The summed E-state index contributed by atoms with van der Waals surface area (Å²) in [7, 11) is 2.03. The maximum Gasteiger partial charge on any atom is 0.336 e. The second kappa shape index (κ2) is 7.32. The number of allylic oxidation sites excluding steroid dienone is 1. The average Bonchev–Trinajstić information content (AvgIpc) is 3.30. The molecule has 0 fully saturated rings. The number of hydrogen-bond donors (Lipinski definition) is 2. The van der Waals surface area contributed by atoms with Gasteiger partial charge in [-0.05, 0) is 60.0 Å². The minimum absolute atomic E-state index is 0.194. The number of nitrogens with zero attached hydrogens (tertiary/aromatic N) is 2. The summed E-state index contributed by atoms with van der Waals surface area (Å²) in [6.07, 6.45) is 4.63. The summed E-state index contributed by atoms with van der Waals surface area (Å²) in [4.78, 5) is 19.1. The van der Waals surface area contributed by atoms with Crippen molar-refractivity contribution in [1.29, 1.82) is 0 Å². The number of aromatic carboxylic acids is 1. The zero-order valence-electron chi connectivity index (χ0n) is 17.0. The highest BCUT2D eigenvalue weighted by atomic mass is 35.5. The Morgan fingerprint density at radius 2 is 2.10 bits per heavy atom. The van der Waals surface area contributed by atoms with E-state index < -0.39 is 5.97 Å². The van der Waals surface area contributed by atoms with Crippen LogP contribution in [0.15, 0.2) is 48.7 Å². The van der Waals surface area contributed by atoms with Crippen molar-refractivity contribution in [2.75, 3.05) is 0 Å². The topological polar surface area (TPSA) is 80.1 Å². The van der Waals surface area contributed by atoms with E-state index in [1.165, 1.54) is 11.6 Å². The molecule has 6 nitrogen and oxygen atoms in total. The molecule has 2 N–H and O–H groups in total. The van der Waals surface area contributed by atoms with E-state index in [9.17, 15) is 9.90 Å². The van der Waals surface area contributed by atoms with Crippen molar-refractivity contribution in [1.82, 2.24) is 14.5 Å². The molecule has 4 aromatic rings. The lowest BCUT2D eigenvalue weighted by Gasteiger charge is -2.18. The van der Waals surface area contributed by atoms with E-state index in [0.717, 1.165) is 27.9 Å². The number of carboxylic acids is 1. The molecule has 0 saturated heterocycles. The molecule has 5 rings (SSSR count). The molecule has 0 bridgehead atoms. The van der Waals surface area contributed by atoms with Gasteiger partial charge in [-0.1, -0.05) is 12.1 Å². The summed E-state index contributed by atoms with van der Waals surface area (Å²) in [5, 5.41) is 10.3. The van der Waals surface area contributed by atoms with Gasteiger partial charge in [0.05, 0.1) is 16.6 Å². The molecule has 0 radical (unpaired) electrons. The monoisotopic (exact) mass is 433 g/mol. The number of fused-ring (bicyclic) bond motifs is 2. The molecule has 1 aliphatic carbocycles. The van der Waals surface area contributed by atoms with Crippen LogP contribution in [0.5, 0.6) is 11.8 Å². The molecule has 0 spiro atoms. The Balaban J connectivity index is 1.46. The quantitative estimate of drug-likeness (QED) is 0.422. The fraction of sp³-hybridized carbons (Fsp3) is 0.167. The van der Waals surface area contributed by atoms with E-state index in [4.69, 9.17) is 16.3 Å². The number of aryl methyl sites for hydroxylation is 2. The zero-order chi connectivity index (χ0) is 21.7. The highest BCUT2D eigenvalue weighted by Crippen LogP contribution is 2.35. The van der Waals surface area contributed by atoms with Crippen LogP contribution in [0, 0.1) is 6.92 Å². The van der Waals surface area contributed by atoms with Gasteiger partial charge in [-0.3, -0.25) is 0 Å². The standard InChI is InChI=1S/C24H20ClN3O3/c1-13-3-5-16(10-17(13)23(29)30)31-24-26-20-11-18(19(25)12-21(20)27-24)14-4-6-22-15(9-14)7-8-28(22)2/h3-11,19H,12H2,1-2H3,(H,26,27)(H,29,30). The normalized spacial score (nSPS) is 15.6. The molecule has 2 aromatic carbocycles. The maximum absolute atomic E-state index is 11.4. The van der Waals surface area contributed by atoms with E-state index in [1.54, 1.807) is 19.1 Å². The van der Waals surface area contributed by atoms with Crippen molar-refractivity contribution in [3.8, 4) is 11.8 Å². The van der Waals surface area contributed by atoms with Crippen molar-refractivity contribution < 1.29 is 14.6 Å². The molecule has 0 aliphatic heterocycles. The highest BCUT2D eigenvalue weighted by Gasteiger charge is 2.24. The average molecular weight is 434 g/mol. The lowest BCUT2D eigenvalue weighted by atomic mass is 9.93. The van der Waals surface area contributed by atoms with E-state index in [-0.39, 0.29) is 10.9 Å². The zero-order valence-corrected chi connectivity index (χ0v) is 17.8. The molecule has 7 heteroatoms. The van der Waals surface area contributed by atoms with Crippen LogP contribution < -0.4 is 4.74 Å². The Kier molecular flexibility index (Phi) is 4.59. The largest absolute Gasteiger partial charge is 0.478 e. The Labute approximate surface area is 183 Å². The second-order valence-electron chi connectivity index (χ2n) is 7.76. The number of aromatic amines is 1. The predicted molar refractivity (Wildman–Crippen MR) is 121 cm³/mol. The minimum Gasteiger partial charge on any atom is -0.478 e. The fourth-order valence-electron chi connectivity index (χ4n) is 3.98. The predicted octanol–water partition coefficient (Wildman–Crippen LogP) is 5.40. The van der Waals surface area contributed by atoms with Crippen molar-refractivity contribution in [3.05, 3.63) is 76.7 Å². The van der Waals surface area contributed by atoms with Gasteiger partial charge in [-0.25, -0.2) is 4.79 Å². The lowest BCUT2D eigenvalue weighted by molar-refractivity contribution is 0.0695. The molecule has 1 atom stereocenters. The van der Waals surface area contributed by atoms with Gasteiger partial charge in [-0.2, -0.15) is 4.98 Å². The summed E-state index contributed by atoms with van der Waals surface area (Å²) in [5.41, 5.74) is 5.80. The summed E-state index contributed by atoms with van der Waals surface area (Å²) in [6.45, 7) is 1.75.